The summed E-state index contributed by atoms with van der Waals surface area (Å²) >= 11 is 13.7. The Bertz CT molecular complexity index is 1310. The van der Waals surface area contributed by atoms with Crippen molar-refractivity contribution in [2.45, 2.75) is 36.6 Å². The summed E-state index contributed by atoms with van der Waals surface area (Å²) < 4.78 is 25.8. The zero-order valence-electron chi connectivity index (χ0n) is 18.6. The maximum absolute atomic E-state index is 12.9. The molecule has 34 heavy (non-hydrogen) atoms. The number of halogens is 2. The maximum atomic E-state index is 12.9. The number of carbonyl (C=O) groups is 1. The van der Waals surface area contributed by atoms with E-state index < -0.39 is 15.9 Å². The van der Waals surface area contributed by atoms with E-state index >= 15 is 0 Å². The van der Waals surface area contributed by atoms with E-state index in [1.165, 1.54) is 23.5 Å². The molecular weight excluding hydrogens is 515 g/mol. The molecule has 1 atom stereocenters. The molecule has 2 amide bonds. The molecule has 0 radical (unpaired) electrons. The number of hydrogen-bond donors (Lipinski definition) is 2. The van der Waals surface area contributed by atoms with Gasteiger partial charge in [0, 0.05) is 30.1 Å². The quantitative estimate of drug-likeness (QED) is 0.444. The molecule has 2 aromatic carbocycles. The van der Waals surface area contributed by atoms with Gasteiger partial charge in [-0.05, 0) is 49.9 Å². The minimum absolute atomic E-state index is 0.139. The van der Waals surface area contributed by atoms with Crippen LogP contribution in [0.4, 0.5) is 10.5 Å². The van der Waals surface area contributed by atoms with Crippen LogP contribution in [0.5, 0.6) is 0 Å². The Labute approximate surface area is 213 Å². The molecule has 0 bridgehead atoms. The van der Waals surface area contributed by atoms with Crippen molar-refractivity contribution in [1.29, 1.82) is 0 Å². The molecule has 1 aliphatic rings. The van der Waals surface area contributed by atoms with Crippen LogP contribution in [-0.2, 0) is 28.6 Å². The second-order valence-electron chi connectivity index (χ2n) is 8.21. The lowest BCUT2D eigenvalue weighted by molar-refractivity contribution is 0.249. The minimum Gasteiger partial charge on any atom is -0.331 e. The van der Waals surface area contributed by atoms with E-state index in [1.54, 1.807) is 37.3 Å². The van der Waals surface area contributed by atoms with Crippen LogP contribution in [0.15, 0.2) is 47.4 Å². The van der Waals surface area contributed by atoms with E-state index in [4.69, 9.17) is 23.2 Å². The zero-order valence-corrected chi connectivity index (χ0v) is 21.8. The number of aromatic nitrogens is 1. The summed E-state index contributed by atoms with van der Waals surface area (Å²) in [5, 5.41) is 6.91. The summed E-state index contributed by atoms with van der Waals surface area (Å²) in [6.07, 6.45) is 0.840. The Balaban J connectivity index is 1.38. The minimum atomic E-state index is -3.56. The molecule has 1 aromatic heterocycles. The van der Waals surface area contributed by atoms with Gasteiger partial charge in [0.1, 0.15) is 10.8 Å². The summed E-state index contributed by atoms with van der Waals surface area (Å²) in [4.78, 5) is 20.5. The smallest absolute Gasteiger partial charge is 0.319 e. The average Bonchev–Trinajstić information content (AvgIpc) is 3.16. The van der Waals surface area contributed by atoms with Gasteiger partial charge < -0.3 is 15.5 Å². The molecule has 0 fully saturated rings. The standard InChI is InChI=1S/C23H24Cl2N4O3S2/c1-14(17-4-3-5-18(24)22(17)25)26-23(30)27-15-6-8-16(9-7-15)34(31,32)13-21-28-19-10-11-29(2)12-20(19)33-21/h3-9,14H,10-13H2,1-2H3,(H2,26,27,30). The number of hydrogen-bond acceptors (Lipinski definition) is 6. The van der Waals surface area contributed by atoms with Gasteiger partial charge in [0.2, 0.25) is 0 Å². The molecule has 0 spiro atoms. The molecule has 3 aromatic rings. The van der Waals surface area contributed by atoms with Gasteiger partial charge in [-0.3, -0.25) is 0 Å². The van der Waals surface area contributed by atoms with E-state index in [9.17, 15) is 13.2 Å². The van der Waals surface area contributed by atoms with Gasteiger partial charge in [0.15, 0.2) is 9.84 Å². The molecule has 0 aliphatic carbocycles. The lowest BCUT2D eigenvalue weighted by Gasteiger charge is -2.20. The van der Waals surface area contributed by atoms with Gasteiger partial charge >= 0.3 is 6.03 Å². The Kier molecular flexibility index (Phi) is 7.49. The highest BCUT2D eigenvalue weighted by atomic mass is 35.5. The van der Waals surface area contributed by atoms with E-state index in [1.807, 2.05) is 7.05 Å². The van der Waals surface area contributed by atoms with E-state index in [0.29, 0.717) is 26.3 Å². The fourth-order valence-electron chi connectivity index (χ4n) is 3.73. The first kappa shape index (κ1) is 24.9. The SMILES string of the molecule is CC(NC(=O)Nc1ccc(S(=O)(=O)Cc2nc3c(s2)CN(C)CC3)cc1)c1cccc(Cl)c1Cl. The zero-order chi connectivity index (χ0) is 24.5. The Hall–Kier alpha value is -2.17. The van der Waals surface area contributed by atoms with Crippen molar-refractivity contribution in [3.8, 4) is 0 Å². The van der Waals surface area contributed by atoms with Crippen LogP contribution in [0.2, 0.25) is 10.0 Å². The molecule has 7 nitrogen and oxygen atoms in total. The first-order valence-corrected chi connectivity index (χ1v) is 13.8. The molecule has 2 heterocycles. The third-order valence-corrected chi connectivity index (χ3v) is 9.29. The van der Waals surface area contributed by atoms with Crippen molar-refractivity contribution in [3.05, 3.63) is 73.7 Å². The first-order chi connectivity index (χ1) is 16.1. The molecule has 0 saturated heterocycles. The number of carbonyl (C=O) groups excluding carboxylic acids is 1. The number of urea groups is 1. The molecule has 2 N–H and O–H groups in total. The van der Waals surface area contributed by atoms with Crippen molar-refractivity contribution >= 4 is 56.1 Å². The lowest BCUT2D eigenvalue weighted by Crippen LogP contribution is -2.31. The van der Waals surface area contributed by atoms with Crippen LogP contribution in [-0.4, -0.2) is 37.9 Å². The average molecular weight is 540 g/mol. The van der Waals surface area contributed by atoms with Crippen LogP contribution in [0, 0.1) is 0 Å². The van der Waals surface area contributed by atoms with E-state index in [0.717, 1.165) is 30.1 Å². The molecule has 1 aliphatic heterocycles. The summed E-state index contributed by atoms with van der Waals surface area (Å²) in [6.45, 7) is 3.52. The lowest BCUT2D eigenvalue weighted by atomic mass is 10.1. The number of benzene rings is 2. The summed E-state index contributed by atoms with van der Waals surface area (Å²) in [6, 6.07) is 10.5. The Morgan fingerprint density at radius 1 is 1.21 bits per heavy atom. The molecular formula is C23H24Cl2N4O3S2. The number of sulfone groups is 1. The molecule has 1 unspecified atom stereocenters. The van der Waals surface area contributed by atoms with Gasteiger partial charge in [0.25, 0.3) is 0 Å². The number of fused-ring (bicyclic) bond motifs is 1. The second kappa shape index (κ2) is 10.2. The third kappa shape index (κ3) is 5.72. The number of rotatable bonds is 6. The fourth-order valence-corrected chi connectivity index (χ4v) is 7.00. The monoisotopic (exact) mass is 538 g/mol. The van der Waals surface area contributed by atoms with Gasteiger partial charge in [-0.1, -0.05) is 35.3 Å². The van der Waals surface area contributed by atoms with Gasteiger partial charge in [-0.25, -0.2) is 18.2 Å². The Morgan fingerprint density at radius 2 is 1.94 bits per heavy atom. The molecule has 0 saturated carbocycles. The van der Waals surface area contributed by atoms with Crippen LogP contribution < -0.4 is 10.6 Å². The van der Waals surface area contributed by atoms with E-state index in [2.05, 4.69) is 20.5 Å². The van der Waals surface area contributed by atoms with Crippen molar-refractivity contribution in [2.75, 3.05) is 18.9 Å². The van der Waals surface area contributed by atoms with Gasteiger partial charge in [-0.2, -0.15) is 0 Å². The first-order valence-electron chi connectivity index (χ1n) is 10.6. The van der Waals surface area contributed by atoms with Crippen LogP contribution in [0.25, 0.3) is 0 Å². The highest BCUT2D eigenvalue weighted by molar-refractivity contribution is 7.90. The highest BCUT2D eigenvalue weighted by Crippen LogP contribution is 2.30. The molecule has 4 rings (SSSR count). The number of nitrogens with zero attached hydrogens (tertiary/aromatic N) is 2. The predicted octanol–water partition coefficient (Wildman–Crippen LogP) is 5.29. The van der Waals surface area contributed by atoms with Gasteiger partial charge in [0.05, 0.1) is 26.7 Å². The normalized spacial score (nSPS) is 14.9. The van der Waals surface area contributed by atoms with Crippen LogP contribution >= 0.6 is 34.5 Å². The summed E-state index contributed by atoms with van der Waals surface area (Å²) in [5.41, 5.74) is 2.17. The van der Waals surface area contributed by atoms with Gasteiger partial charge in [-0.15, -0.1) is 11.3 Å². The topological polar surface area (TPSA) is 91.4 Å². The largest absolute Gasteiger partial charge is 0.331 e. The summed E-state index contributed by atoms with van der Waals surface area (Å²) in [7, 11) is -1.51. The maximum Gasteiger partial charge on any atom is 0.319 e. The van der Waals surface area contributed by atoms with Crippen LogP contribution in [0.3, 0.4) is 0 Å². The highest BCUT2D eigenvalue weighted by Gasteiger charge is 2.23. The third-order valence-electron chi connectivity index (χ3n) is 5.55. The van der Waals surface area contributed by atoms with Crippen molar-refractivity contribution in [2.24, 2.45) is 0 Å². The number of thiazole rings is 1. The fraction of sp³-hybridized carbons (Fsp3) is 0.304. The molecule has 11 heteroatoms. The van der Waals surface area contributed by atoms with E-state index in [-0.39, 0.29) is 16.7 Å². The molecule has 180 valence electrons. The second-order valence-corrected chi connectivity index (χ2v) is 12.2. The van der Waals surface area contributed by atoms with Crippen molar-refractivity contribution < 1.29 is 13.2 Å². The van der Waals surface area contributed by atoms with Crippen LogP contribution in [0.1, 0.15) is 34.1 Å². The number of amides is 2. The van der Waals surface area contributed by atoms with Crippen molar-refractivity contribution in [1.82, 2.24) is 15.2 Å². The Morgan fingerprint density at radius 3 is 2.68 bits per heavy atom. The summed E-state index contributed by atoms with van der Waals surface area (Å²) in [5.74, 6) is -0.139. The number of likely N-dealkylation sites (N-methyl/N-ethyl adjacent to an activating group) is 1. The predicted molar refractivity (Wildman–Crippen MR) is 137 cm³/mol. The number of anilines is 1. The number of nitrogens with one attached hydrogen (secondary N) is 2. The van der Waals surface area contributed by atoms with Crippen molar-refractivity contribution in [3.63, 3.8) is 0 Å².